The van der Waals surface area contributed by atoms with E-state index in [0.717, 1.165) is 32.4 Å². The molecule has 1 aromatic rings. The van der Waals surface area contributed by atoms with Crippen LogP contribution in [0.25, 0.3) is 0 Å². The lowest BCUT2D eigenvalue weighted by Crippen LogP contribution is -2.43. The van der Waals surface area contributed by atoms with Gasteiger partial charge in [-0.2, -0.15) is 0 Å². The summed E-state index contributed by atoms with van der Waals surface area (Å²) in [5.41, 5.74) is 0.543. The predicted octanol–water partition coefficient (Wildman–Crippen LogP) is 4.02. The smallest absolute Gasteiger partial charge is 0.254 e. The van der Waals surface area contributed by atoms with Crippen LogP contribution in [0.1, 0.15) is 43.5 Å². The summed E-state index contributed by atoms with van der Waals surface area (Å²) in [5.74, 6) is 1.55. The van der Waals surface area contributed by atoms with E-state index in [1.54, 1.807) is 19.2 Å². The molecular weight excluding hydrogens is 375 g/mol. The van der Waals surface area contributed by atoms with Crippen molar-refractivity contribution >= 4 is 29.9 Å². The van der Waals surface area contributed by atoms with Gasteiger partial charge in [-0.1, -0.05) is 25.4 Å². The summed E-state index contributed by atoms with van der Waals surface area (Å²) >= 11 is 6.37. The Morgan fingerprint density at radius 1 is 1.35 bits per heavy atom. The van der Waals surface area contributed by atoms with E-state index >= 15 is 0 Å². The zero-order valence-electron chi connectivity index (χ0n) is 16.0. The molecule has 148 valence electrons. The summed E-state index contributed by atoms with van der Waals surface area (Å²) < 4.78 is 11.2. The molecule has 1 amide bonds. The van der Waals surface area contributed by atoms with Gasteiger partial charge in [0.25, 0.3) is 5.91 Å². The molecule has 0 spiro atoms. The molecule has 0 radical (unpaired) electrons. The molecule has 1 saturated heterocycles. The number of piperidine rings is 1. The maximum absolute atomic E-state index is 12.8. The van der Waals surface area contributed by atoms with Crippen LogP contribution in [-0.2, 0) is 0 Å². The summed E-state index contributed by atoms with van der Waals surface area (Å²) in [5, 5.41) is 3.68. The maximum atomic E-state index is 12.8. The van der Waals surface area contributed by atoms with Gasteiger partial charge in [0.2, 0.25) is 0 Å². The Morgan fingerprint density at radius 2 is 2.00 bits per heavy atom. The highest BCUT2D eigenvalue weighted by atomic mass is 35.5. The summed E-state index contributed by atoms with van der Waals surface area (Å²) in [6, 6.07) is 3.89. The van der Waals surface area contributed by atoms with E-state index < -0.39 is 0 Å². The number of likely N-dealkylation sites (tertiary alicyclic amines) is 1. The molecule has 0 unspecified atom stereocenters. The minimum atomic E-state index is -0.0107. The number of amides is 1. The molecule has 1 fully saturated rings. The highest BCUT2D eigenvalue weighted by Crippen LogP contribution is 2.37. The Bertz CT molecular complexity index is 588. The Labute approximate surface area is 167 Å². The van der Waals surface area contributed by atoms with Crippen LogP contribution < -0.4 is 14.8 Å². The van der Waals surface area contributed by atoms with Gasteiger partial charge in [0.05, 0.1) is 18.7 Å². The Balaban J connectivity index is 0.00000338. The van der Waals surface area contributed by atoms with Crippen LogP contribution in [0.4, 0.5) is 0 Å². The predicted molar refractivity (Wildman–Crippen MR) is 108 cm³/mol. The molecule has 1 aliphatic rings. The van der Waals surface area contributed by atoms with Gasteiger partial charge in [0.1, 0.15) is 0 Å². The van der Waals surface area contributed by atoms with Gasteiger partial charge in [0, 0.05) is 24.7 Å². The van der Waals surface area contributed by atoms with E-state index in [4.69, 9.17) is 21.1 Å². The normalized spacial score (nSPS) is 14.9. The van der Waals surface area contributed by atoms with E-state index in [-0.39, 0.29) is 18.3 Å². The van der Waals surface area contributed by atoms with Crippen molar-refractivity contribution < 1.29 is 14.3 Å². The lowest BCUT2D eigenvalue weighted by atomic mass is 10.0. The van der Waals surface area contributed by atoms with Crippen molar-refractivity contribution in [2.75, 3.05) is 33.9 Å². The number of nitrogens with one attached hydrogen (secondary N) is 1. The SMILES string of the molecule is CNC1CCN(C(=O)c2cc(Cl)c(OCCC(C)C)c(OC)c2)CC1.Cl. The minimum Gasteiger partial charge on any atom is -0.493 e. The van der Waals surface area contributed by atoms with Gasteiger partial charge >= 0.3 is 0 Å². The monoisotopic (exact) mass is 404 g/mol. The highest BCUT2D eigenvalue weighted by Gasteiger charge is 2.24. The molecule has 1 aromatic carbocycles. The standard InChI is InChI=1S/C19H29ClN2O3.ClH/c1-13(2)7-10-25-18-16(20)11-14(12-17(18)24-4)19(23)22-8-5-15(21-3)6-9-22;/h11-13,15,21H,5-10H2,1-4H3;1H. The average Bonchev–Trinajstić information content (AvgIpc) is 2.61. The lowest BCUT2D eigenvalue weighted by molar-refractivity contribution is 0.0707. The van der Waals surface area contributed by atoms with E-state index in [1.165, 1.54) is 0 Å². The molecule has 2 rings (SSSR count). The first-order chi connectivity index (χ1) is 12.0. The topological polar surface area (TPSA) is 50.8 Å². The number of carbonyl (C=O) groups excluding carboxylic acids is 1. The molecule has 5 nitrogen and oxygen atoms in total. The second kappa shape index (κ2) is 10.9. The van der Waals surface area contributed by atoms with Crippen LogP contribution in [0.5, 0.6) is 11.5 Å². The minimum absolute atomic E-state index is 0. The van der Waals surface area contributed by atoms with Gasteiger partial charge in [-0.25, -0.2) is 0 Å². The van der Waals surface area contributed by atoms with E-state index in [9.17, 15) is 4.79 Å². The number of hydrogen-bond donors (Lipinski definition) is 1. The fourth-order valence-electron chi connectivity index (χ4n) is 2.93. The largest absolute Gasteiger partial charge is 0.493 e. The number of halogens is 2. The molecule has 0 aliphatic carbocycles. The fourth-order valence-corrected chi connectivity index (χ4v) is 3.20. The molecule has 0 bridgehead atoms. The van der Waals surface area contributed by atoms with Crippen molar-refractivity contribution in [3.05, 3.63) is 22.7 Å². The maximum Gasteiger partial charge on any atom is 0.254 e. The van der Waals surface area contributed by atoms with E-state index in [2.05, 4.69) is 19.2 Å². The molecule has 7 heteroatoms. The molecule has 0 atom stereocenters. The first-order valence-corrected chi connectivity index (χ1v) is 9.31. The molecule has 0 saturated carbocycles. The van der Waals surface area contributed by atoms with Gasteiger partial charge in [-0.15, -0.1) is 12.4 Å². The zero-order valence-corrected chi connectivity index (χ0v) is 17.6. The summed E-state index contributed by atoms with van der Waals surface area (Å²) in [7, 11) is 3.53. The van der Waals surface area contributed by atoms with Gasteiger partial charge in [-0.3, -0.25) is 4.79 Å². The van der Waals surface area contributed by atoms with Crippen molar-refractivity contribution in [3.8, 4) is 11.5 Å². The van der Waals surface area contributed by atoms with Crippen LogP contribution in [0.3, 0.4) is 0 Å². The van der Waals surface area contributed by atoms with Crippen LogP contribution in [0.2, 0.25) is 5.02 Å². The Kier molecular flexibility index (Phi) is 9.55. The zero-order chi connectivity index (χ0) is 18.4. The first-order valence-electron chi connectivity index (χ1n) is 8.93. The molecule has 26 heavy (non-hydrogen) atoms. The third-order valence-corrected chi connectivity index (χ3v) is 4.89. The van der Waals surface area contributed by atoms with Crippen molar-refractivity contribution in [3.63, 3.8) is 0 Å². The van der Waals surface area contributed by atoms with Gasteiger partial charge in [0.15, 0.2) is 11.5 Å². The lowest BCUT2D eigenvalue weighted by Gasteiger charge is -2.32. The number of carbonyl (C=O) groups is 1. The van der Waals surface area contributed by atoms with Crippen LogP contribution in [0, 0.1) is 5.92 Å². The van der Waals surface area contributed by atoms with Gasteiger partial charge in [-0.05, 0) is 44.4 Å². The number of methoxy groups -OCH3 is 1. The number of hydrogen-bond acceptors (Lipinski definition) is 4. The summed E-state index contributed by atoms with van der Waals surface area (Å²) in [6.45, 7) is 6.34. The number of ether oxygens (including phenoxy) is 2. The average molecular weight is 405 g/mol. The Hall–Kier alpha value is -1.17. The van der Waals surface area contributed by atoms with E-state index in [0.29, 0.717) is 40.7 Å². The molecule has 1 heterocycles. The number of rotatable bonds is 7. The Morgan fingerprint density at radius 3 is 2.54 bits per heavy atom. The quantitative estimate of drug-likeness (QED) is 0.745. The summed E-state index contributed by atoms with van der Waals surface area (Å²) in [6.07, 6.45) is 2.85. The van der Waals surface area contributed by atoms with Crippen LogP contribution >= 0.6 is 24.0 Å². The van der Waals surface area contributed by atoms with Crippen molar-refractivity contribution in [1.82, 2.24) is 10.2 Å². The number of benzene rings is 1. The van der Waals surface area contributed by atoms with Gasteiger partial charge < -0.3 is 19.7 Å². The van der Waals surface area contributed by atoms with Crippen molar-refractivity contribution in [2.45, 2.75) is 39.2 Å². The van der Waals surface area contributed by atoms with Crippen LogP contribution in [0.15, 0.2) is 12.1 Å². The molecule has 0 aromatic heterocycles. The van der Waals surface area contributed by atoms with Crippen molar-refractivity contribution in [2.24, 2.45) is 5.92 Å². The molecule has 1 N–H and O–H groups in total. The fraction of sp³-hybridized carbons (Fsp3) is 0.632. The van der Waals surface area contributed by atoms with E-state index in [1.807, 2.05) is 11.9 Å². The highest BCUT2D eigenvalue weighted by molar-refractivity contribution is 6.32. The second-order valence-electron chi connectivity index (χ2n) is 6.88. The second-order valence-corrected chi connectivity index (χ2v) is 7.28. The van der Waals surface area contributed by atoms with Crippen molar-refractivity contribution in [1.29, 1.82) is 0 Å². The molecule has 1 aliphatic heterocycles. The molecular formula is C19H30Cl2N2O3. The first kappa shape index (κ1) is 22.9. The number of nitrogens with zero attached hydrogens (tertiary/aromatic N) is 1. The van der Waals surface area contributed by atoms with Crippen LogP contribution in [-0.4, -0.2) is 50.7 Å². The summed E-state index contributed by atoms with van der Waals surface area (Å²) in [4.78, 5) is 14.7. The third kappa shape index (κ3) is 5.93. The third-order valence-electron chi connectivity index (χ3n) is 4.61.